The zero-order chi connectivity index (χ0) is 31.9. The van der Waals surface area contributed by atoms with Crippen molar-refractivity contribution in [2.75, 3.05) is 46.7 Å². The van der Waals surface area contributed by atoms with Crippen molar-refractivity contribution in [3.8, 4) is 6.07 Å². The summed E-state index contributed by atoms with van der Waals surface area (Å²) >= 11 is 0. The summed E-state index contributed by atoms with van der Waals surface area (Å²) in [5, 5.41) is 16.1. The predicted octanol–water partition coefficient (Wildman–Crippen LogP) is 3.31. The fraction of sp³-hybridized carbons (Fsp3) is 0.345. The van der Waals surface area contributed by atoms with Crippen LogP contribution < -0.4 is 10.6 Å². The largest absolute Gasteiger partial charge is 0.466 e. The Morgan fingerprint density at radius 1 is 1.19 bits per heavy atom. The first-order valence-corrected chi connectivity index (χ1v) is 13.1. The van der Waals surface area contributed by atoms with E-state index in [1.165, 1.54) is 39.5 Å². The SMILES string of the molecule is COC(=O)C1=C(C)N(c2cccc(C(F)(F)F)c2)c2n[nH]c(=O)n2[C@@H]1c1ccc(C#N)cc1C[N+](C)(C)CC(=O)N(C)C. The van der Waals surface area contributed by atoms with Gasteiger partial charge in [-0.2, -0.15) is 18.4 Å². The maximum absolute atomic E-state index is 13.6. The van der Waals surface area contributed by atoms with E-state index in [9.17, 15) is 32.8 Å². The average molecular weight is 599 g/mol. The van der Waals surface area contributed by atoms with Gasteiger partial charge in [-0.1, -0.05) is 12.1 Å². The quantitative estimate of drug-likeness (QED) is 0.327. The lowest BCUT2D eigenvalue weighted by atomic mass is 9.89. The molecular weight excluding hydrogens is 567 g/mol. The summed E-state index contributed by atoms with van der Waals surface area (Å²) in [5.74, 6) is -0.992. The first kappa shape index (κ1) is 31.0. The molecule has 1 amide bonds. The number of halogens is 3. The molecule has 1 N–H and O–H groups in total. The third-order valence-electron chi connectivity index (χ3n) is 7.21. The van der Waals surface area contributed by atoms with Crippen LogP contribution in [0.1, 0.15) is 35.2 Å². The van der Waals surface area contributed by atoms with E-state index in [2.05, 4.69) is 16.3 Å². The number of ether oxygens (including phenoxy) is 1. The first-order valence-electron chi connectivity index (χ1n) is 13.1. The Bertz CT molecular complexity index is 1710. The van der Waals surface area contributed by atoms with Gasteiger partial charge in [0.15, 0.2) is 6.54 Å². The van der Waals surface area contributed by atoms with Crippen molar-refractivity contribution in [2.45, 2.75) is 25.7 Å². The molecule has 1 atom stereocenters. The Hall–Kier alpha value is -4.90. The van der Waals surface area contributed by atoms with E-state index < -0.39 is 29.4 Å². The molecule has 1 aromatic heterocycles. The van der Waals surface area contributed by atoms with E-state index in [1.54, 1.807) is 26.2 Å². The number of benzene rings is 2. The number of fused-ring (bicyclic) bond motifs is 1. The highest BCUT2D eigenvalue weighted by Gasteiger charge is 2.41. The third kappa shape index (κ3) is 6.02. The van der Waals surface area contributed by atoms with Gasteiger partial charge in [-0.05, 0) is 42.8 Å². The summed E-state index contributed by atoms with van der Waals surface area (Å²) < 4.78 is 47.3. The number of rotatable bonds is 7. The number of aromatic nitrogens is 3. The molecule has 11 nitrogen and oxygen atoms in total. The van der Waals surface area contributed by atoms with Gasteiger partial charge in [0.05, 0.1) is 44.0 Å². The number of alkyl halides is 3. The Labute approximate surface area is 245 Å². The Kier molecular flexibility index (Phi) is 8.24. The van der Waals surface area contributed by atoms with Gasteiger partial charge in [0, 0.05) is 31.0 Å². The summed E-state index contributed by atoms with van der Waals surface area (Å²) in [6.07, 6.45) is -4.64. The van der Waals surface area contributed by atoms with Crippen LogP contribution >= 0.6 is 0 Å². The number of hydrogen-bond acceptors (Lipinski definition) is 7. The molecule has 0 fully saturated rings. The van der Waals surface area contributed by atoms with Crippen molar-refractivity contribution < 1.29 is 32.0 Å². The lowest BCUT2D eigenvalue weighted by Crippen LogP contribution is -2.47. The number of allylic oxidation sites excluding steroid dienone is 1. The average Bonchev–Trinajstić information content (AvgIpc) is 3.31. The molecule has 3 aromatic rings. The van der Waals surface area contributed by atoms with Gasteiger partial charge in [0.2, 0.25) is 5.95 Å². The van der Waals surface area contributed by atoms with Crippen LogP contribution in [0.4, 0.5) is 24.8 Å². The van der Waals surface area contributed by atoms with Crippen LogP contribution in [0.5, 0.6) is 0 Å². The molecule has 14 heteroatoms. The van der Waals surface area contributed by atoms with Crippen molar-refractivity contribution in [3.63, 3.8) is 0 Å². The zero-order valence-corrected chi connectivity index (χ0v) is 24.5. The second-order valence-corrected chi connectivity index (χ2v) is 11.0. The lowest BCUT2D eigenvalue weighted by molar-refractivity contribution is -0.896. The standard InChI is InChI=1S/C29H30F3N7O4/c1-17-24(26(41)43-6)25(22-11-10-18(14-33)12-19(22)15-39(4,5)16-23(40)36(2)3)38-27(34-35-28(38)42)37(17)21-9-7-8-20(13-21)29(30,31)32/h7-13,25H,15-16H2,1-6H3/p+1/t25-/m1/s1. The number of carbonyl (C=O) groups is 2. The van der Waals surface area contributed by atoms with Crippen molar-refractivity contribution in [3.05, 3.63) is 86.5 Å². The van der Waals surface area contributed by atoms with Gasteiger partial charge >= 0.3 is 17.8 Å². The number of nitrogens with one attached hydrogen (secondary N) is 1. The van der Waals surface area contributed by atoms with Gasteiger partial charge < -0.3 is 14.1 Å². The van der Waals surface area contributed by atoms with Crippen LogP contribution in [0.15, 0.2) is 58.5 Å². The van der Waals surface area contributed by atoms with Crippen molar-refractivity contribution in [1.29, 1.82) is 5.26 Å². The molecule has 2 aromatic carbocycles. The molecule has 1 aliphatic rings. The molecule has 0 aliphatic carbocycles. The number of esters is 1. The number of nitrogens with zero attached hydrogens (tertiary/aromatic N) is 6. The molecule has 2 heterocycles. The van der Waals surface area contributed by atoms with Crippen LogP contribution in [-0.4, -0.2) is 77.9 Å². The van der Waals surface area contributed by atoms with Crippen LogP contribution in [0.25, 0.3) is 0 Å². The molecule has 0 spiro atoms. The normalized spacial score (nSPS) is 15.2. The van der Waals surface area contributed by atoms with E-state index >= 15 is 0 Å². The minimum atomic E-state index is -4.64. The molecule has 4 rings (SSSR count). The minimum absolute atomic E-state index is 0.0171. The van der Waals surface area contributed by atoms with E-state index in [1.807, 2.05) is 14.1 Å². The Balaban J connectivity index is 1.98. The molecule has 0 bridgehead atoms. The zero-order valence-electron chi connectivity index (χ0n) is 24.5. The summed E-state index contributed by atoms with van der Waals surface area (Å²) in [4.78, 5) is 42.0. The topological polar surface area (TPSA) is 124 Å². The number of H-pyrrole nitrogens is 1. The molecule has 0 radical (unpaired) electrons. The van der Waals surface area contributed by atoms with Gasteiger partial charge in [-0.3, -0.25) is 9.69 Å². The molecule has 0 saturated carbocycles. The number of amides is 1. The van der Waals surface area contributed by atoms with Crippen molar-refractivity contribution in [2.24, 2.45) is 0 Å². The Morgan fingerprint density at radius 2 is 1.88 bits per heavy atom. The number of likely N-dealkylation sites (N-methyl/N-ethyl adjacent to an activating group) is 2. The molecule has 1 aliphatic heterocycles. The second kappa shape index (κ2) is 11.4. The van der Waals surface area contributed by atoms with Gasteiger partial charge in [0.25, 0.3) is 5.91 Å². The van der Waals surface area contributed by atoms with E-state index in [0.717, 1.165) is 19.2 Å². The maximum atomic E-state index is 13.6. The number of carbonyl (C=O) groups excluding carboxylic acids is 2. The number of methoxy groups -OCH3 is 1. The van der Waals surface area contributed by atoms with E-state index in [-0.39, 0.29) is 46.4 Å². The van der Waals surface area contributed by atoms with Crippen molar-refractivity contribution in [1.82, 2.24) is 19.7 Å². The van der Waals surface area contributed by atoms with E-state index in [0.29, 0.717) is 16.7 Å². The monoisotopic (exact) mass is 598 g/mol. The molecule has 0 unspecified atom stereocenters. The molecule has 43 heavy (non-hydrogen) atoms. The van der Waals surface area contributed by atoms with Gasteiger partial charge in [0.1, 0.15) is 12.6 Å². The number of quaternary nitrogens is 1. The highest BCUT2D eigenvalue weighted by Crippen LogP contribution is 2.43. The lowest BCUT2D eigenvalue weighted by Gasteiger charge is -2.37. The van der Waals surface area contributed by atoms with Gasteiger partial charge in [-0.25, -0.2) is 19.3 Å². The molecule has 226 valence electrons. The summed E-state index contributed by atoms with van der Waals surface area (Å²) in [5.41, 5.74) is -0.113. The highest BCUT2D eigenvalue weighted by atomic mass is 19.4. The minimum Gasteiger partial charge on any atom is -0.466 e. The number of hydrogen-bond donors (Lipinski definition) is 1. The van der Waals surface area contributed by atoms with Crippen LogP contribution in [-0.2, 0) is 27.0 Å². The van der Waals surface area contributed by atoms with Crippen LogP contribution in [0, 0.1) is 11.3 Å². The smallest absolute Gasteiger partial charge is 0.416 e. The number of aromatic amines is 1. The first-order chi connectivity index (χ1) is 20.1. The van der Waals surface area contributed by atoms with E-state index in [4.69, 9.17) is 4.74 Å². The summed E-state index contributed by atoms with van der Waals surface area (Å²) in [6, 6.07) is 10.2. The van der Waals surface area contributed by atoms with Gasteiger partial charge in [-0.15, -0.1) is 5.10 Å². The molecular formula is C29H31F3N7O4+. The number of anilines is 2. The highest BCUT2D eigenvalue weighted by molar-refractivity contribution is 5.93. The fourth-order valence-electron chi connectivity index (χ4n) is 5.18. The fourth-order valence-corrected chi connectivity index (χ4v) is 5.18. The van der Waals surface area contributed by atoms with Crippen molar-refractivity contribution >= 4 is 23.5 Å². The number of nitriles is 1. The third-order valence-corrected chi connectivity index (χ3v) is 7.21. The van der Waals surface area contributed by atoms with Crippen LogP contribution in [0.2, 0.25) is 0 Å². The summed E-state index contributed by atoms with van der Waals surface area (Å²) in [7, 11) is 8.11. The van der Waals surface area contributed by atoms with Crippen LogP contribution in [0.3, 0.4) is 0 Å². The Morgan fingerprint density at radius 3 is 2.49 bits per heavy atom. The molecule has 0 saturated heterocycles. The predicted molar refractivity (Wildman–Crippen MR) is 150 cm³/mol. The second-order valence-electron chi connectivity index (χ2n) is 11.0. The maximum Gasteiger partial charge on any atom is 0.416 e. The summed E-state index contributed by atoms with van der Waals surface area (Å²) in [6.45, 7) is 1.88.